The number of halogens is 2. The molecule has 0 unspecified atom stereocenters. The number of rotatable bonds is 3. The van der Waals surface area contributed by atoms with Crippen molar-refractivity contribution in [3.05, 3.63) is 17.5 Å². The van der Waals surface area contributed by atoms with Crippen LogP contribution in [-0.4, -0.2) is 45.4 Å². The van der Waals surface area contributed by atoms with Gasteiger partial charge in [0.05, 0.1) is 6.61 Å². The molecule has 0 amide bonds. The fourth-order valence-electron chi connectivity index (χ4n) is 1.03. The molecular formula is C8H10F2MgN2O2. The molecule has 0 spiro atoms. The van der Waals surface area contributed by atoms with Crippen LogP contribution in [0.1, 0.15) is 29.4 Å². The van der Waals surface area contributed by atoms with E-state index >= 15 is 0 Å². The fourth-order valence-corrected chi connectivity index (χ4v) is 1.03. The Balaban J connectivity index is 0.00000196. The first-order chi connectivity index (χ1) is 6.56. The average molecular weight is 228 g/mol. The van der Waals surface area contributed by atoms with Crippen LogP contribution in [-0.2, 0) is 11.8 Å². The number of carbonyl (C=O) groups is 1. The predicted octanol–water partition coefficient (Wildman–Crippen LogP) is 1.15. The van der Waals surface area contributed by atoms with E-state index in [-0.39, 0.29) is 35.2 Å². The highest BCUT2D eigenvalue weighted by atomic mass is 24.3. The first-order valence-corrected chi connectivity index (χ1v) is 4.05. The molecule has 80 valence electrons. The molecule has 4 nitrogen and oxygen atoms in total. The average Bonchev–Trinajstić information content (AvgIpc) is 2.48. The summed E-state index contributed by atoms with van der Waals surface area (Å²) >= 11 is 0. The van der Waals surface area contributed by atoms with Crippen molar-refractivity contribution in [2.24, 2.45) is 7.05 Å². The maximum atomic E-state index is 12.4. The maximum Gasteiger partial charge on any atom is 0.341 e. The first-order valence-electron chi connectivity index (χ1n) is 4.05. The monoisotopic (exact) mass is 228 g/mol. The molecule has 2 radical (unpaired) electrons. The summed E-state index contributed by atoms with van der Waals surface area (Å²) in [5.41, 5.74) is -0.713. The van der Waals surface area contributed by atoms with Gasteiger partial charge in [0.15, 0.2) is 0 Å². The van der Waals surface area contributed by atoms with E-state index in [1.54, 1.807) is 6.92 Å². The molecule has 1 aromatic rings. The Bertz CT molecular complexity index is 341. The zero-order valence-electron chi connectivity index (χ0n) is 8.54. The second kappa shape index (κ2) is 6.01. The zero-order valence-corrected chi connectivity index (χ0v) is 9.95. The first kappa shape index (κ1) is 14.3. The number of aryl methyl sites for hydroxylation is 1. The summed E-state index contributed by atoms with van der Waals surface area (Å²) in [6.07, 6.45) is -1.55. The highest BCUT2D eigenvalue weighted by molar-refractivity contribution is 5.90. The topological polar surface area (TPSA) is 44.1 Å². The lowest BCUT2D eigenvalue weighted by Crippen LogP contribution is -2.06. The van der Waals surface area contributed by atoms with Crippen molar-refractivity contribution in [3.63, 3.8) is 0 Å². The van der Waals surface area contributed by atoms with Crippen LogP contribution >= 0.6 is 0 Å². The molecule has 0 aromatic carbocycles. The van der Waals surface area contributed by atoms with Crippen LogP contribution in [0.25, 0.3) is 0 Å². The predicted molar refractivity (Wildman–Crippen MR) is 49.9 cm³/mol. The molecule has 7 heteroatoms. The minimum atomic E-state index is -2.77. The number of carbonyl (C=O) groups excluding carboxylic acids is 1. The van der Waals surface area contributed by atoms with Crippen molar-refractivity contribution in [2.45, 2.75) is 13.3 Å². The van der Waals surface area contributed by atoms with E-state index in [1.807, 2.05) is 0 Å². The van der Waals surface area contributed by atoms with Crippen LogP contribution in [0.2, 0.25) is 0 Å². The Labute approximate surface area is 102 Å². The third-order valence-electron chi connectivity index (χ3n) is 1.56. The van der Waals surface area contributed by atoms with Crippen molar-refractivity contribution in [3.8, 4) is 0 Å². The molecule has 0 saturated heterocycles. The van der Waals surface area contributed by atoms with Crippen molar-refractivity contribution >= 4 is 29.0 Å². The molecule has 0 aliphatic carbocycles. The van der Waals surface area contributed by atoms with E-state index in [2.05, 4.69) is 9.84 Å². The number of hydrogen-bond donors (Lipinski definition) is 0. The zero-order chi connectivity index (χ0) is 10.7. The van der Waals surface area contributed by atoms with Gasteiger partial charge in [0.2, 0.25) is 0 Å². The van der Waals surface area contributed by atoms with Gasteiger partial charge < -0.3 is 4.74 Å². The van der Waals surface area contributed by atoms with Gasteiger partial charge in [0.1, 0.15) is 11.3 Å². The molecule has 0 aliphatic rings. The van der Waals surface area contributed by atoms with Crippen LogP contribution in [0.3, 0.4) is 0 Å². The minimum Gasteiger partial charge on any atom is -0.462 e. The van der Waals surface area contributed by atoms with Crippen molar-refractivity contribution in [1.82, 2.24) is 9.78 Å². The van der Waals surface area contributed by atoms with Crippen LogP contribution < -0.4 is 0 Å². The van der Waals surface area contributed by atoms with Crippen LogP contribution in [0.15, 0.2) is 6.20 Å². The lowest BCUT2D eigenvalue weighted by Gasteiger charge is -2.00. The van der Waals surface area contributed by atoms with Crippen LogP contribution in [0, 0.1) is 0 Å². The summed E-state index contributed by atoms with van der Waals surface area (Å²) in [7, 11) is 1.47. The third kappa shape index (κ3) is 3.42. The van der Waals surface area contributed by atoms with E-state index in [0.29, 0.717) is 0 Å². The summed E-state index contributed by atoms with van der Waals surface area (Å²) in [6, 6.07) is 0. The molecule has 0 saturated carbocycles. The number of ether oxygens (including phenoxy) is 1. The van der Waals surface area contributed by atoms with Gasteiger partial charge in [-0.1, -0.05) is 0 Å². The number of esters is 1. The molecule has 0 N–H and O–H groups in total. The highest BCUT2D eigenvalue weighted by Gasteiger charge is 2.23. The Morgan fingerprint density at radius 3 is 2.73 bits per heavy atom. The van der Waals surface area contributed by atoms with Crippen LogP contribution in [0.5, 0.6) is 0 Å². The minimum absolute atomic E-state index is 0. The molecule has 1 rings (SSSR count). The lowest BCUT2D eigenvalue weighted by molar-refractivity contribution is 0.0515. The third-order valence-corrected chi connectivity index (χ3v) is 1.56. The normalized spacial score (nSPS) is 9.93. The molecule has 1 heterocycles. The van der Waals surface area contributed by atoms with Gasteiger partial charge in [0.25, 0.3) is 6.43 Å². The molecule has 15 heavy (non-hydrogen) atoms. The van der Waals surface area contributed by atoms with Crippen molar-refractivity contribution in [2.75, 3.05) is 6.61 Å². The largest absolute Gasteiger partial charge is 0.462 e. The summed E-state index contributed by atoms with van der Waals surface area (Å²) in [5.74, 6) is -0.768. The van der Waals surface area contributed by atoms with Gasteiger partial charge in [-0.3, -0.25) is 4.68 Å². The Hall–Kier alpha value is -0.694. The summed E-state index contributed by atoms with van der Waals surface area (Å²) < 4.78 is 30.5. The van der Waals surface area contributed by atoms with E-state index in [0.717, 1.165) is 4.68 Å². The van der Waals surface area contributed by atoms with Gasteiger partial charge in [-0.15, -0.1) is 0 Å². The van der Waals surface area contributed by atoms with E-state index < -0.39 is 18.1 Å². The summed E-state index contributed by atoms with van der Waals surface area (Å²) in [6.45, 7) is 1.76. The molecule has 1 aromatic heterocycles. The Morgan fingerprint density at radius 2 is 2.27 bits per heavy atom. The number of aromatic nitrogens is 2. The number of alkyl halides is 2. The lowest BCUT2D eigenvalue weighted by atomic mass is 10.2. The second-order valence-electron chi connectivity index (χ2n) is 2.62. The van der Waals surface area contributed by atoms with Crippen LogP contribution in [0.4, 0.5) is 8.78 Å². The van der Waals surface area contributed by atoms with Gasteiger partial charge in [-0.05, 0) is 6.92 Å². The summed E-state index contributed by atoms with van der Waals surface area (Å²) in [5, 5.41) is 3.48. The van der Waals surface area contributed by atoms with Gasteiger partial charge in [0, 0.05) is 36.3 Å². The molecular weight excluding hydrogens is 218 g/mol. The van der Waals surface area contributed by atoms with E-state index in [9.17, 15) is 13.6 Å². The van der Waals surface area contributed by atoms with Crippen molar-refractivity contribution in [1.29, 1.82) is 0 Å². The Kier molecular flexibility index (Phi) is 5.74. The highest BCUT2D eigenvalue weighted by Crippen LogP contribution is 2.21. The van der Waals surface area contributed by atoms with E-state index in [1.165, 1.54) is 13.2 Å². The van der Waals surface area contributed by atoms with Gasteiger partial charge >= 0.3 is 5.97 Å². The summed E-state index contributed by atoms with van der Waals surface area (Å²) in [4.78, 5) is 11.2. The SMILES string of the molecule is CCOC(=O)c1cn(C)nc1C(F)F.[Mg]. The molecule has 0 atom stereocenters. The number of hydrogen-bond acceptors (Lipinski definition) is 3. The quantitative estimate of drug-likeness (QED) is 0.576. The van der Waals surface area contributed by atoms with Gasteiger partial charge in [-0.25, -0.2) is 13.6 Å². The molecule has 0 aliphatic heterocycles. The molecule has 0 bridgehead atoms. The van der Waals surface area contributed by atoms with Gasteiger partial charge in [-0.2, -0.15) is 5.10 Å². The standard InChI is InChI=1S/C8H10F2N2O2.Mg/c1-3-14-8(13)5-4-12(2)11-6(5)7(9)10;/h4,7H,3H2,1-2H3;. The molecule has 0 fully saturated rings. The Morgan fingerprint density at radius 1 is 1.67 bits per heavy atom. The van der Waals surface area contributed by atoms with Crippen molar-refractivity contribution < 1.29 is 18.3 Å². The second-order valence-corrected chi connectivity index (χ2v) is 2.62. The smallest absolute Gasteiger partial charge is 0.341 e. The van der Waals surface area contributed by atoms with E-state index in [4.69, 9.17) is 0 Å². The number of nitrogens with zero attached hydrogens (tertiary/aromatic N) is 2. The maximum absolute atomic E-state index is 12.4. The fraction of sp³-hybridized carbons (Fsp3) is 0.500.